The van der Waals surface area contributed by atoms with Gasteiger partial charge >= 0.3 is 0 Å². The summed E-state index contributed by atoms with van der Waals surface area (Å²) in [5.74, 6) is 0. The van der Waals surface area contributed by atoms with E-state index in [1.54, 1.807) is 12.4 Å². The number of aromatic nitrogens is 4. The van der Waals surface area contributed by atoms with Crippen molar-refractivity contribution in [2.24, 2.45) is 0 Å². The van der Waals surface area contributed by atoms with Crippen LogP contribution in [0.3, 0.4) is 0 Å². The summed E-state index contributed by atoms with van der Waals surface area (Å²) < 4.78 is 0. The smallest absolute Gasteiger partial charge is 0.111 e. The van der Waals surface area contributed by atoms with E-state index in [0.29, 0.717) is 0 Å². The van der Waals surface area contributed by atoms with Gasteiger partial charge in [0.2, 0.25) is 0 Å². The Kier molecular flexibility index (Phi) is 1.80. The second kappa shape index (κ2) is 3.43. The van der Waals surface area contributed by atoms with E-state index in [1.807, 2.05) is 36.4 Å². The first-order valence-corrected chi connectivity index (χ1v) is 5.68. The summed E-state index contributed by atoms with van der Waals surface area (Å²) in [6.45, 7) is 0. The largest absolute Gasteiger partial charge is 0.256 e. The van der Waals surface area contributed by atoms with Crippen LogP contribution in [0.25, 0.3) is 32.8 Å². The molecule has 0 aliphatic heterocycles. The molecule has 0 fully saturated rings. The molecule has 0 saturated carbocycles. The summed E-state index contributed by atoms with van der Waals surface area (Å²) in [5.41, 5.74) is 3.40. The normalized spacial score (nSPS) is 11.3. The average molecular weight is 232 g/mol. The Morgan fingerprint density at radius 1 is 0.722 bits per heavy atom. The van der Waals surface area contributed by atoms with Gasteiger partial charge in [-0.2, -0.15) is 0 Å². The standard InChI is InChI=1S/C14H8N4/c1-2-12-13(15-6-1)8-10-11(17-18-12)4-3-9-5-7-16-14(9)10/h1-8H. The van der Waals surface area contributed by atoms with Gasteiger partial charge in [0.25, 0.3) is 0 Å². The van der Waals surface area contributed by atoms with Crippen LogP contribution < -0.4 is 0 Å². The van der Waals surface area contributed by atoms with E-state index in [0.717, 1.165) is 32.8 Å². The van der Waals surface area contributed by atoms with Crippen molar-refractivity contribution in [3.63, 3.8) is 0 Å². The fourth-order valence-electron chi connectivity index (χ4n) is 2.16. The number of pyridine rings is 1. The lowest BCUT2D eigenvalue weighted by atomic mass is 10.1. The van der Waals surface area contributed by atoms with Crippen LogP contribution in [0.2, 0.25) is 0 Å². The maximum atomic E-state index is 4.39. The minimum Gasteiger partial charge on any atom is -0.256 e. The molecule has 0 atom stereocenters. The molecule has 0 N–H and O–H groups in total. The van der Waals surface area contributed by atoms with Gasteiger partial charge in [0.05, 0.1) is 16.6 Å². The number of rotatable bonds is 0. The van der Waals surface area contributed by atoms with Gasteiger partial charge in [-0.25, -0.2) is 0 Å². The highest BCUT2D eigenvalue weighted by molar-refractivity contribution is 6.05. The molecule has 1 aromatic carbocycles. The molecule has 4 heteroatoms. The number of hydrogen-bond donors (Lipinski definition) is 0. The van der Waals surface area contributed by atoms with Crippen LogP contribution in [0, 0.1) is 0 Å². The second-order valence-corrected chi connectivity index (χ2v) is 4.13. The van der Waals surface area contributed by atoms with Crippen LogP contribution >= 0.6 is 0 Å². The van der Waals surface area contributed by atoms with Crippen molar-refractivity contribution in [2.45, 2.75) is 0 Å². The Hall–Kier alpha value is -2.62. The predicted molar refractivity (Wildman–Crippen MR) is 70.1 cm³/mol. The molecule has 0 aliphatic rings. The Labute approximate surface area is 102 Å². The number of nitrogens with zero attached hydrogens (tertiary/aromatic N) is 4. The first-order valence-electron chi connectivity index (χ1n) is 5.68. The minimum atomic E-state index is 0.786. The maximum absolute atomic E-state index is 4.39. The molecule has 4 aromatic rings. The zero-order chi connectivity index (χ0) is 11.9. The average Bonchev–Trinajstić information content (AvgIpc) is 2.80. The fraction of sp³-hybridized carbons (Fsp3) is 0. The zero-order valence-electron chi connectivity index (χ0n) is 9.41. The molecule has 0 aliphatic carbocycles. The Morgan fingerprint density at radius 3 is 2.67 bits per heavy atom. The van der Waals surface area contributed by atoms with Crippen LogP contribution in [-0.2, 0) is 0 Å². The molecule has 18 heavy (non-hydrogen) atoms. The van der Waals surface area contributed by atoms with Gasteiger partial charge in [-0.1, -0.05) is 6.07 Å². The summed E-state index contributed by atoms with van der Waals surface area (Å²) in [6.07, 6.45) is 3.56. The van der Waals surface area contributed by atoms with Gasteiger partial charge in [0, 0.05) is 23.2 Å². The second-order valence-electron chi connectivity index (χ2n) is 4.13. The Morgan fingerprint density at radius 2 is 1.67 bits per heavy atom. The highest BCUT2D eigenvalue weighted by Crippen LogP contribution is 2.23. The van der Waals surface area contributed by atoms with Gasteiger partial charge in [0.15, 0.2) is 0 Å². The Bertz CT molecular complexity index is 886. The molecular formula is C14H8N4. The van der Waals surface area contributed by atoms with E-state index in [1.165, 1.54) is 0 Å². The molecular weight excluding hydrogens is 224 g/mol. The fourth-order valence-corrected chi connectivity index (χ4v) is 2.16. The van der Waals surface area contributed by atoms with Gasteiger partial charge in [0.1, 0.15) is 5.52 Å². The van der Waals surface area contributed by atoms with E-state index >= 15 is 0 Å². The third-order valence-corrected chi connectivity index (χ3v) is 3.05. The van der Waals surface area contributed by atoms with Crippen molar-refractivity contribution in [1.82, 2.24) is 20.2 Å². The number of hydrogen-bond acceptors (Lipinski definition) is 4. The molecule has 0 spiro atoms. The first-order chi connectivity index (χ1) is 8.92. The highest BCUT2D eigenvalue weighted by Gasteiger charge is 2.04. The van der Waals surface area contributed by atoms with Crippen molar-refractivity contribution in [3.8, 4) is 0 Å². The molecule has 0 amide bonds. The Balaban J connectivity index is 2.31. The van der Waals surface area contributed by atoms with Gasteiger partial charge in [-0.15, -0.1) is 10.2 Å². The molecule has 4 nitrogen and oxygen atoms in total. The number of benzene rings is 1. The summed E-state index contributed by atoms with van der Waals surface area (Å²) in [6, 6.07) is 11.7. The van der Waals surface area contributed by atoms with Crippen molar-refractivity contribution in [1.29, 1.82) is 0 Å². The summed E-state index contributed by atoms with van der Waals surface area (Å²) in [4.78, 5) is 8.72. The topological polar surface area (TPSA) is 51.6 Å². The molecule has 3 heterocycles. The molecule has 0 saturated heterocycles. The zero-order valence-corrected chi connectivity index (χ0v) is 9.41. The van der Waals surface area contributed by atoms with E-state index in [9.17, 15) is 0 Å². The number of fused-ring (bicyclic) bond motifs is 4. The molecule has 0 radical (unpaired) electrons. The van der Waals surface area contributed by atoms with Crippen molar-refractivity contribution in [3.05, 3.63) is 48.8 Å². The lowest BCUT2D eigenvalue weighted by Crippen LogP contribution is -1.77. The summed E-state index contributed by atoms with van der Waals surface area (Å²) >= 11 is 0. The summed E-state index contributed by atoms with van der Waals surface area (Å²) in [7, 11) is 0. The van der Waals surface area contributed by atoms with Crippen molar-refractivity contribution >= 4 is 32.8 Å². The maximum Gasteiger partial charge on any atom is 0.111 e. The molecule has 3 aromatic heterocycles. The van der Waals surface area contributed by atoms with Crippen LogP contribution in [0.5, 0.6) is 0 Å². The minimum absolute atomic E-state index is 0.786. The van der Waals surface area contributed by atoms with Crippen LogP contribution in [-0.4, -0.2) is 20.2 Å². The van der Waals surface area contributed by atoms with Crippen LogP contribution in [0.15, 0.2) is 48.8 Å². The van der Waals surface area contributed by atoms with Crippen LogP contribution in [0.1, 0.15) is 0 Å². The quantitative estimate of drug-likeness (QED) is 0.467. The molecule has 84 valence electrons. The SMILES string of the molecule is c1cnc2cc3c(ccc4ccnc43)nnc2c1. The summed E-state index contributed by atoms with van der Waals surface area (Å²) in [5, 5.41) is 10.6. The third kappa shape index (κ3) is 1.26. The van der Waals surface area contributed by atoms with Crippen molar-refractivity contribution < 1.29 is 0 Å². The first kappa shape index (κ1) is 9.41. The third-order valence-electron chi connectivity index (χ3n) is 3.05. The predicted octanol–water partition coefficient (Wildman–Crippen LogP) is 2.73. The lowest BCUT2D eigenvalue weighted by Gasteiger charge is -1.92. The monoisotopic (exact) mass is 232 g/mol. The van der Waals surface area contributed by atoms with Crippen LogP contribution in [0.4, 0.5) is 0 Å². The van der Waals surface area contributed by atoms with E-state index < -0.39 is 0 Å². The van der Waals surface area contributed by atoms with Gasteiger partial charge < -0.3 is 0 Å². The molecule has 0 bridgehead atoms. The lowest BCUT2D eigenvalue weighted by molar-refractivity contribution is 1.13. The van der Waals surface area contributed by atoms with Gasteiger partial charge in [-0.05, 0) is 30.3 Å². The van der Waals surface area contributed by atoms with E-state index in [-0.39, 0.29) is 0 Å². The van der Waals surface area contributed by atoms with Crippen molar-refractivity contribution in [2.75, 3.05) is 0 Å². The van der Waals surface area contributed by atoms with Gasteiger partial charge in [-0.3, -0.25) is 9.97 Å². The van der Waals surface area contributed by atoms with E-state index in [4.69, 9.17) is 0 Å². The molecule has 0 unspecified atom stereocenters. The van der Waals surface area contributed by atoms with E-state index in [2.05, 4.69) is 20.2 Å². The molecule has 4 rings (SSSR count). The highest BCUT2D eigenvalue weighted by atomic mass is 15.1.